The van der Waals surface area contributed by atoms with Crippen LogP contribution in [0.15, 0.2) is 12.4 Å². The standard InChI is InChI=1S/C19H26N6O/c1-26-11-17-22-19(24-23-17)16-10-25(9-15(16)13-2-3-13)8-12-6-20-18(21-7-12)14-4-5-14/h6-7,13-16H,2-5,8-11H2,1H3,(H,22,23,24)/t15-,16+/m1/s1. The van der Waals surface area contributed by atoms with E-state index in [4.69, 9.17) is 4.74 Å². The van der Waals surface area contributed by atoms with E-state index in [0.29, 0.717) is 24.4 Å². The maximum Gasteiger partial charge on any atom is 0.155 e. The van der Waals surface area contributed by atoms with Crippen molar-refractivity contribution in [1.29, 1.82) is 0 Å². The number of ether oxygens (including phenoxy) is 1. The molecular formula is C19H26N6O. The predicted molar refractivity (Wildman–Crippen MR) is 95.3 cm³/mol. The zero-order valence-electron chi connectivity index (χ0n) is 15.3. The molecule has 2 saturated carbocycles. The van der Waals surface area contributed by atoms with Gasteiger partial charge in [-0.2, -0.15) is 5.10 Å². The molecule has 3 aliphatic rings. The molecule has 0 radical (unpaired) electrons. The Morgan fingerprint density at radius 3 is 2.62 bits per heavy atom. The molecule has 2 atom stereocenters. The van der Waals surface area contributed by atoms with Crippen LogP contribution in [0.5, 0.6) is 0 Å². The molecule has 0 bridgehead atoms. The second-order valence-electron chi connectivity index (χ2n) is 8.10. The highest BCUT2D eigenvalue weighted by Gasteiger charge is 2.44. The maximum atomic E-state index is 5.16. The summed E-state index contributed by atoms with van der Waals surface area (Å²) < 4.78 is 5.16. The van der Waals surface area contributed by atoms with E-state index in [-0.39, 0.29) is 0 Å². The number of hydrogen-bond donors (Lipinski definition) is 1. The fourth-order valence-corrected chi connectivity index (χ4v) is 4.25. The minimum Gasteiger partial charge on any atom is -0.377 e. The fourth-order valence-electron chi connectivity index (χ4n) is 4.25. The molecule has 0 aromatic carbocycles. The van der Waals surface area contributed by atoms with Gasteiger partial charge < -0.3 is 4.74 Å². The van der Waals surface area contributed by atoms with Crippen LogP contribution in [-0.2, 0) is 17.9 Å². The molecule has 7 heteroatoms. The Kier molecular flexibility index (Phi) is 4.21. The molecule has 0 spiro atoms. The van der Waals surface area contributed by atoms with Crippen LogP contribution in [0.4, 0.5) is 0 Å². The average molecular weight is 354 g/mol. The van der Waals surface area contributed by atoms with E-state index in [1.165, 1.54) is 31.2 Å². The lowest BCUT2D eigenvalue weighted by molar-refractivity contribution is 0.178. The van der Waals surface area contributed by atoms with E-state index >= 15 is 0 Å². The first-order chi connectivity index (χ1) is 12.8. The Hall–Kier alpha value is -1.86. The third kappa shape index (κ3) is 3.38. The molecule has 3 fully saturated rings. The minimum absolute atomic E-state index is 0.413. The molecule has 2 aliphatic carbocycles. The van der Waals surface area contributed by atoms with Crippen LogP contribution in [0, 0.1) is 11.8 Å². The first kappa shape index (κ1) is 16.3. The van der Waals surface area contributed by atoms with Gasteiger partial charge in [-0.1, -0.05) is 0 Å². The molecule has 2 aromatic rings. The summed E-state index contributed by atoms with van der Waals surface area (Å²) in [5, 5.41) is 7.52. The van der Waals surface area contributed by atoms with Crippen LogP contribution in [0.25, 0.3) is 0 Å². The van der Waals surface area contributed by atoms with Gasteiger partial charge in [-0.3, -0.25) is 10.00 Å². The fraction of sp³-hybridized carbons (Fsp3) is 0.684. The van der Waals surface area contributed by atoms with Crippen LogP contribution >= 0.6 is 0 Å². The monoisotopic (exact) mass is 354 g/mol. The molecule has 3 heterocycles. The molecule has 0 unspecified atom stereocenters. The zero-order chi connectivity index (χ0) is 17.5. The Labute approximate surface area is 153 Å². The molecular weight excluding hydrogens is 328 g/mol. The number of H-pyrrole nitrogens is 1. The lowest BCUT2D eigenvalue weighted by atomic mass is 9.91. The number of rotatable bonds is 7. The average Bonchev–Trinajstić information content (AvgIpc) is 3.58. The number of nitrogens with one attached hydrogen (secondary N) is 1. The van der Waals surface area contributed by atoms with Crippen LogP contribution in [0.3, 0.4) is 0 Å². The highest BCUT2D eigenvalue weighted by molar-refractivity contribution is 5.13. The highest BCUT2D eigenvalue weighted by Crippen LogP contribution is 2.47. The van der Waals surface area contributed by atoms with E-state index in [0.717, 1.165) is 43.0 Å². The van der Waals surface area contributed by atoms with Gasteiger partial charge in [-0.05, 0) is 37.5 Å². The first-order valence-corrected chi connectivity index (χ1v) is 9.73. The Bertz CT molecular complexity index is 752. The van der Waals surface area contributed by atoms with Crippen molar-refractivity contribution < 1.29 is 4.74 Å². The van der Waals surface area contributed by atoms with Crippen molar-refractivity contribution in [3.8, 4) is 0 Å². The lowest BCUT2D eigenvalue weighted by Crippen LogP contribution is -2.21. The van der Waals surface area contributed by atoms with Gasteiger partial charge in [0.2, 0.25) is 0 Å². The van der Waals surface area contributed by atoms with Crippen LogP contribution in [0.1, 0.15) is 60.6 Å². The molecule has 7 nitrogen and oxygen atoms in total. The van der Waals surface area contributed by atoms with Crippen molar-refractivity contribution in [1.82, 2.24) is 30.0 Å². The lowest BCUT2D eigenvalue weighted by Gasteiger charge is -2.15. The number of likely N-dealkylation sites (tertiary alicyclic amines) is 1. The van der Waals surface area contributed by atoms with E-state index < -0.39 is 0 Å². The minimum atomic E-state index is 0.413. The van der Waals surface area contributed by atoms with Gasteiger partial charge in [-0.25, -0.2) is 15.0 Å². The quantitative estimate of drug-likeness (QED) is 0.821. The van der Waals surface area contributed by atoms with E-state index in [1.807, 2.05) is 12.4 Å². The second-order valence-corrected chi connectivity index (χ2v) is 8.10. The van der Waals surface area contributed by atoms with Crippen molar-refractivity contribution in [3.05, 3.63) is 35.4 Å². The molecule has 5 rings (SSSR count). The second kappa shape index (κ2) is 6.70. The number of hydrogen-bond acceptors (Lipinski definition) is 6. The third-order valence-electron chi connectivity index (χ3n) is 5.90. The molecule has 1 saturated heterocycles. The SMILES string of the molecule is COCc1nc([C@H]2CN(Cc3cnc(C4CC4)nc3)C[C@@H]2C2CC2)n[nH]1. The van der Waals surface area contributed by atoms with Crippen molar-refractivity contribution >= 4 is 0 Å². The number of aromatic amines is 1. The van der Waals surface area contributed by atoms with Gasteiger partial charge in [-0.15, -0.1) is 0 Å². The van der Waals surface area contributed by atoms with Crippen molar-refractivity contribution in [2.24, 2.45) is 11.8 Å². The van der Waals surface area contributed by atoms with Gasteiger partial charge in [0.1, 0.15) is 12.4 Å². The summed E-state index contributed by atoms with van der Waals surface area (Å²) in [5.74, 6) is 5.32. The number of nitrogens with zero attached hydrogens (tertiary/aromatic N) is 5. The van der Waals surface area contributed by atoms with Crippen LogP contribution in [0.2, 0.25) is 0 Å². The largest absolute Gasteiger partial charge is 0.377 e. The zero-order valence-corrected chi connectivity index (χ0v) is 15.3. The summed E-state index contributed by atoms with van der Waals surface area (Å²) in [6.45, 7) is 3.53. The normalized spacial score (nSPS) is 26.5. The number of aromatic nitrogens is 5. The highest BCUT2D eigenvalue weighted by atomic mass is 16.5. The van der Waals surface area contributed by atoms with Gasteiger partial charge in [0.05, 0.1) is 0 Å². The van der Waals surface area contributed by atoms with Gasteiger partial charge >= 0.3 is 0 Å². The summed E-state index contributed by atoms with van der Waals surface area (Å²) in [6.07, 6.45) is 9.23. The Balaban J connectivity index is 1.28. The molecule has 1 N–H and O–H groups in total. The summed E-state index contributed by atoms with van der Waals surface area (Å²) >= 11 is 0. The molecule has 138 valence electrons. The molecule has 0 amide bonds. The summed E-state index contributed by atoms with van der Waals surface area (Å²) in [5.41, 5.74) is 1.21. The topological polar surface area (TPSA) is 79.8 Å². The van der Waals surface area contributed by atoms with E-state index in [9.17, 15) is 0 Å². The van der Waals surface area contributed by atoms with Crippen LogP contribution in [-0.4, -0.2) is 50.2 Å². The van der Waals surface area contributed by atoms with E-state index in [1.54, 1.807) is 7.11 Å². The molecule has 2 aromatic heterocycles. The Morgan fingerprint density at radius 2 is 1.92 bits per heavy atom. The summed E-state index contributed by atoms with van der Waals surface area (Å²) in [4.78, 5) is 16.3. The summed E-state index contributed by atoms with van der Waals surface area (Å²) in [7, 11) is 1.68. The maximum absolute atomic E-state index is 5.16. The van der Waals surface area contributed by atoms with Crippen LogP contribution < -0.4 is 0 Å². The van der Waals surface area contributed by atoms with E-state index in [2.05, 4.69) is 30.0 Å². The Morgan fingerprint density at radius 1 is 1.12 bits per heavy atom. The molecule has 1 aliphatic heterocycles. The van der Waals surface area contributed by atoms with Crippen molar-refractivity contribution in [2.75, 3.05) is 20.2 Å². The summed E-state index contributed by atoms with van der Waals surface area (Å²) in [6, 6.07) is 0. The van der Waals surface area contributed by atoms with Gasteiger partial charge in [0.25, 0.3) is 0 Å². The first-order valence-electron chi connectivity index (χ1n) is 9.73. The third-order valence-corrected chi connectivity index (χ3v) is 5.90. The smallest absolute Gasteiger partial charge is 0.155 e. The van der Waals surface area contributed by atoms with Gasteiger partial charge in [0, 0.05) is 56.5 Å². The molecule has 26 heavy (non-hydrogen) atoms. The van der Waals surface area contributed by atoms with Gasteiger partial charge in [0.15, 0.2) is 11.6 Å². The van der Waals surface area contributed by atoms with Crippen molar-refractivity contribution in [2.45, 2.75) is 50.7 Å². The predicted octanol–water partition coefficient (Wildman–Crippen LogP) is 2.24. The van der Waals surface area contributed by atoms with Crippen molar-refractivity contribution in [3.63, 3.8) is 0 Å². The number of methoxy groups -OCH3 is 1.